The molecule has 0 N–H and O–H groups in total. The fourth-order valence-corrected chi connectivity index (χ4v) is 2.08. The van der Waals surface area contributed by atoms with Gasteiger partial charge in [0.25, 0.3) is 0 Å². The summed E-state index contributed by atoms with van der Waals surface area (Å²) < 4.78 is 0. The molecule has 2 nitrogen and oxygen atoms in total. The van der Waals surface area contributed by atoms with E-state index in [-0.39, 0.29) is 0 Å². The van der Waals surface area contributed by atoms with E-state index >= 15 is 0 Å². The van der Waals surface area contributed by atoms with Crippen LogP contribution in [0.2, 0.25) is 0 Å². The Labute approximate surface area is 126 Å². The normalized spacial score (nSPS) is 24.1. The van der Waals surface area contributed by atoms with Crippen molar-refractivity contribution in [1.82, 2.24) is 4.98 Å². The number of rotatable bonds is 2. The van der Waals surface area contributed by atoms with Crippen LogP contribution in [0.5, 0.6) is 0 Å². The van der Waals surface area contributed by atoms with Gasteiger partial charge in [-0.15, -0.1) is 5.69 Å². The summed E-state index contributed by atoms with van der Waals surface area (Å²) in [5, 5.41) is 0. The van der Waals surface area contributed by atoms with Crippen LogP contribution in [0.4, 0.5) is 0 Å². The van der Waals surface area contributed by atoms with Crippen molar-refractivity contribution >= 4 is 34.5 Å². The van der Waals surface area contributed by atoms with Crippen LogP contribution >= 0.6 is 28.3 Å². The molecule has 103 valence electrons. The molecule has 2 unspecified atom stereocenters. The molecule has 0 aliphatic heterocycles. The first-order valence-electron chi connectivity index (χ1n) is 5.93. The Hall–Kier alpha value is 0.508. The predicted molar refractivity (Wildman–Crippen MR) is 76.3 cm³/mol. The number of nitrogens with zero attached hydrogens (tertiary/aromatic N) is 2. The number of hydrogen-bond donors (Lipinski definition) is 0. The Bertz CT molecular complexity index is 338. The Morgan fingerprint density at radius 2 is 2.00 bits per heavy atom. The summed E-state index contributed by atoms with van der Waals surface area (Å²) in [4.78, 5) is 8.80. The minimum atomic E-state index is -1.94. The summed E-state index contributed by atoms with van der Waals surface area (Å²) in [5.41, 5.74) is 0.989. The summed E-state index contributed by atoms with van der Waals surface area (Å²) in [5.74, 6) is 0.745. The predicted octanol–water partition coefficient (Wildman–Crippen LogP) is 4.71. The van der Waals surface area contributed by atoms with Crippen molar-refractivity contribution in [2.24, 2.45) is 10.9 Å². The third-order valence-corrected chi connectivity index (χ3v) is 3.04. The van der Waals surface area contributed by atoms with E-state index in [0.29, 0.717) is 6.04 Å². The van der Waals surface area contributed by atoms with Crippen molar-refractivity contribution in [1.29, 1.82) is 0 Å². The van der Waals surface area contributed by atoms with E-state index in [9.17, 15) is 0 Å². The fraction of sp³-hybridized carbons (Fsp3) is 0.583. The minimum absolute atomic E-state index is 0.528. The molecule has 1 fully saturated rings. The second-order valence-electron chi connectivity index (χ2n) is 4.34. The van der Waals surface area contributed by atoms with Gasteiger partial charge in [0.05, 0.1) is 6.04 Å². The Kier molecular flexibility index (Phi) is 8.67. The molecule has 0 saturated heterocycles. The molecule has 18 heavy (non-hydrogen) atoms. The first-order chi connectivity index (χ1) is 8.59. The zero-order valence-corrected chi connectivity index (χ0v) is 14.5. The molecule has 1 aliphatic carbocycles. The van der Waals surface area contributed by atoms with Crippen molar-refractivity contribution in [2.45, 2.75) is 38.6 Å². The molecule has 0 bridgehead atoms. The summed E-state index contributed by atoms with van der Waals surface area (Å²) in [6, 6.07) is 4.48. The zero-order chi connectivity index (χ0) is 13.4. The van der Waals surface area contributed by atoms with Gasteiger partial charge in [-0.25, -0.2) is 0 Å². The van der Waals surface area contributed by atoms with E-state index in [2.05, 4.69) is 16.9 Å². The van der Waals surface area contributed by atoms with Gasteiger partial charge in [0.15, 0.2) is 0 Å². The number of hydrogen-bond acceptors (Lipinski definition) is 1. The van der Waals surface area contributed by atoms with Gasteiger partial charge in [-0.2, -0.15) is 6.20 Å². The van der Waals surface area contributed by atoms with Crippen molar-refractivity contribution < 1.29 is 14.2 Å². The van der Waals surface area contributed by atoms with E-state index in [0.717, 1.165) is 11.6 Å². The van der Waals surface area contributed by atoms with Gasteiger partial charge in [-0.05, 0) is 18.8 Å². The monoisotopic (exact) mass is 392 g/mol. The SMILES string of the molecule is CC1CCCCC1N=Cc1ccc[n-]1.[Cl][Mo]([Cl])[Cl]. The summed E-state index contributed by atoms with van der Waals surface area (Å²) in [6.45, 7) is 2.31. The second-order valence-corrected chi connectivity index (χ2v) is 13.5. The van der Waals surface area contributed by atoms with Gasteiger partial charge in [0, 0.05) is 6.21 Å². The van der Waals surface area contributed by atoms with Crippen LogP contribution < -0.4 is 4.98 Å². The van der Waals surface area contributed by atoms with Gasteiger partial charge in [-0.1, -0.05) is 31.9 Å². The molecule has 1 aromatic rings. The van der Waals surface area contributed by atoms with Crippen LogP contribution in [0.3, 0.4) is 0 Å². The maximum absolute atomic E-state index is 4.98. The Morgan fingerprint density at radius 3 is 2.56 bits per heavy atom. The molecule has 0 spiro atoms. The number of aliphatic imine (C=N–C) groups is 1. The van der Waals surface area contributed by atoms with Crippen LogP contribution in [0.1, 0.15) is 38.3 Å². The number of aromatic nitrogens is 1. The molecule has 0 radical (unpaired) electrons. The quantitative estimate of drug-likeness (QED) is 0.530. The van der Waals surface area contributed by atoms with Crippen LogP contribution in [0, 0.1) is 5.92 Å². The average Bonchev–Trinajstić information content (AvgIpc) is 2.80. The average molecular weight is 392 g/mol. The molecule has 2 rings (SSSR count). The first-order valence-corrected chi connectivity index (χ1v) is 13.7. The van der Waals surface area contributed by atoms with E-state index in [1.807, 2.05) is 24.5 Å². The Balaban J connectivity index is 0.000000357. The maximum atomic E-state index is 4.98. The van der Waals surface area contributed by atoms with Crippen molar-refractivity contribution in [3.05, 3.63) is 24.0 Å². The third-order valence-electron chi connectivity index (χ3n) is 3.04. The van der Waals surface area contributed by atoms with Crippen LogP contribution in [0.25, 0.3) is 0 Å². The van der Waals surface area contributed by atoms with Crippen LogP contribution in [-0.2, 0) is 14.2 Å². The van der Waals surface area contributed by atoms with Crippen LogP contribution in [-0.4, -0.2) is 12.3 Å². The standard InChI is InChI=1S/C12H17N2.3ClH.Mo/c1-10-5-2-3-7-12(10)14-9-11-6-4-8-13-11;;;;/h4,6,8-10,12H,2-3,5,7H2,1H3;3*1H;/q-1;;;;+3/p-3. The molecule has 0 aromatic carbocycles. The molecule has 1 aromatic heterocycles. The Morgan fingerprint density at radius 1 is 1.33 bits per heavy atom. The molecule has 1 saturated carbocycles. The summed E-state index contributed by atoms with van der Waals surface area (Å²) in [6.07, 6.45) is 9.02. The van der Waals surface area contributed by atoms with Crippen LogP contribution in [0.15, 0.2) is 23.3 Å². The molecule has 1 heterocycles. The molecule has 0 amide bonds. The van der Waals surface area contributed by atoms with Crippen molar-refractivity contribution in [2.75, 3.05) is 0 Å². The first kappa shape index (κ1) is 16.6. The van der Waals surface area contributed by atoms with E-state index < -0.39 is 14.2 Å². The third kappa shape index (κ3) is 7.18. The summed E-state index contributed by atoms with van der Waals surface area (Å²) in [7, 11) is 14.9. The molecule has 6 heteroatoms. The van der Waals surface area contributed by atoms with Crippen molar-refractivity contribution in [3.63, 3.8) is 0 Å². The van der Waals surface area contributed by atoms with Gasteiger partial charge in [0.1, 0.15) is 0 Å². The summed E-state index contributed by atoms with van der Waals surface area (Å²) >= 11 is -1.94. The zero-order valence-electron chi connectivity index (χ0n) is 10.2. The fourth-order valence-electron chi connectivity index (χ4n) is 2.08. The molecule has 2 atom stereocenters. The van der Waals surface area contributed by atoms with Gasteiger partial charge in [0.2, 0.25) is 0 Å². The topological polar surface area (TPSA) is 26.5 Å². The molecule has 1 aliphatic rings. The van der Waals surface area contributed by atoms with Crippen molar-refractivity contribution in [3.8, 4) is 0 Å². The van der Waals surface area contributed by atoms with Gasteiger partial charge in [-0.3, -0.25) is 4.99 Å². The van der Waals surface area contributed by atoms with E-state index in [4.69, 9.17) is 28.3 Å². The molecular formula is C12H17Cl3MoN2-. The number of halogens is 3. The van der Waals surface area contributed by atoms with Gasteiger partial charge < -0.3 is 4.98 Å². The van der Waals surface area contributed by atoms with Gasteiger partial charge >= 0.3 is 42.4 Å². The second kappa shape index (κ2) is 9.42. The van der Waals surface area contributed by atoms with E-state index in [1.54, 1.807) is 0 Å². The van der Waals surface area contributed by atoms with E-state index in [1.165, 1.54) is 25.7 Å². The molecular weight excluding hydrogens is 374 g/mol.